The molecule has 1 saturated heterocycles. The molecule has 0 bridgehead atoms. The summed E-state index contributed by atoms with van der Waals surface area (Å²) in [5.74, 6) is -0.184. The molecule has 2 amide bonds. The summed E-state index contributed by atoms with van der Waals surface area (Å²) in [5, 5.41) is 2.74. The molecule has 8 heteroatoms. The molecule has 1 heterocycles. The number of alkyl carbamates (subject to hydrolysis) is 1. The normalized spacial score (nSPS) is 16.1. The van der Waals surface area contributed by atoms with Gasteiger partial charge >= 0.3 is 12.2 Å². The zero-order valence-corrected chi connectivity index (χ0v) is 17.5. The zero-order valence-electron chi connectivity index (χ0n) is 17.5. The second-order valence-corrected chi connectivity index (χ2v) is 8.89. The van der Waals surface area contributed by atoms with Gasteiger partial charge in [0.1, 0.15) is 28.3 Å². The van der Waals surface area contributed by atoms with Crippen molar-refractivity contribution in [3.8, 4) is 5.75 Å². The Labute approximate surface area is 165 Å². The van der Waals surface area contributed by atoms with Crippen LogP contribution >= 0.6 is 0 Å². The third-order valence-electron chi connectivity index (χ3n) is 4.01. The molecule has 0 aromatic heterocycles. The molecule has 1 fully saturated rings. The van der Waals surface area contributed by atoms with Gasteiger partial charge in [-0.15, -0.1) is 0 Å². The summed E-state index contributed by atoms with van der Waals surface area (Å²) in [4.78, 5) is 26.1. The molecule has 7 nitrogen and oxygen atoms in total. The first-order chi connectivity index (χ1) is 12.7. The summed E-state index contributed by atoms with van der Waals surface area (Å²) >= 11 is 0. The van der Waals surface area contributed by atoms with Crippen LogP contribution in [0.25, 0.3) is 0 Å². The lowest BCUT2D eigenvalue weighted by Crippen LogP contribution is -2.69. The van der Waals surface area contributed by atoms with Gasteiger partial charge in [-0.05, 0) is 53.7 Å². The standard InChI is InChI=1S/C20H29FN2O5/c1-18(2,3)27-16(24)22-20(14-9-8-13(26-7)10-15(14)21)11-23(12-20)17(25)28-19(4,5)6/h8-10H,11-12H2,1-7H3,(H,22,24). The van der Waals surface area contributed by atoms with Crippen LogP contribution in [0.3, 0.4) is 0 Å². The Morgan fingerprint density at radius 1 is 1.07 bits per heavy atom. The van der Waals surface area contributed by atoms with Crippen LogP contribution in [0.4, 0.5) is 14.0 Å². The molecule has 28 heavy (non-hydrogen) atoms. The van der Waals surface area contributed by atoms with Crippen molar-refractivity contribution in [2.75, 3.05) is 20.2 Å². The molecule has 0 radical (unpaired) electrons. The van der Waals surface area contributed by atoms with E-state index in [-0.39, 0.29) is 18.7 Å². The smallest absolute Gasteiger partial charge is 0.410 e. The van der Waals surface area contributed by atoms with Gasteiger partial charge < -0.3 is 24.4 Å². The SMILES string of the molecule is COc1ccc(C2(NC(=O)OC(C)(C)C)CN(C(=O)OC(C)(C)C)C2)c(F)c1. The molecular formula is C20H29FN2O5. The largest absolute Gasteiger partial charge is 0.497 e. The van der Waals surface area contributed by atoms with E-state index in [0.717, 1.165) is 0 Å². The van der Waals surface area contributed by atoms with Gasteiger partial charge in [-0.1, -0.05) is 0 Å². The number of likely N-dealkylation sites (tertiary alicyclic amines) is 1. The van der Waals surface area contributed by atoms with Crippen molar-refractivity contribution in [1.29, 1.82) is 0 Å². The van der Waals surface area contributed by atoms with Crippen LogP contribution in [-0.4, -0.2) is 48.5 Å². The average Bonchev–Trinajstić information content (AvgIpc) is 2.46. The number of carbonyl (C=O) groups is 2. The van der Waals surface area contributed by atoms with Gasteiger partial charge in [0.05, 0.1) is 20.2 Å². The van der Waals surface area contributed by atoms with Gasteiger partial charge in [-0.3, -0.25) is 0 Å². The number of halogens is 1. The minimum absolute atomic E-state index is 0.0599. The van der Waals surface area contributed by atoms with Crippen molar-refractivity contribution < 1.29 is 28.2 Å². The van der Waals surface area contributed by atoms with Crippen LogP contribution in [0.2, 0.25) is 0 Å². The molecule has 0 saturated carbocycles. The summed E-state index contributed by atoms with van der Waals surface area (Å²) in [7, 11) is 1.44. The van der Waals surface area contributed by atoms with Gasteiger partial charge in [-0.2, -0.15) is 0 Å². The quantitative estimate of drug-likeness (QED) is 0.841. The van der Waals surface area contributed by atoms with E-state index in [1.165, 1.54) is 24.1 Å². The fourth-order valence-corrected chi connectivity index (χ4v) is 2.89. The number of hydrogen-bond acceptors (Lipinski definition) is 5. The average molecular weight is 396 g/mol. The van der Waals surface area contributed by atoms with E-state index in [9.17, 15) is 14.0 Å². The Bertz CT molecular complexity index is 746. The monoisotopic (exact) mass is 396 g/mol. The fraction of sp³-hybridized carbons (Fsp3) is 0.600. The molecule has 1 aliphatic heterocycles. The van der Waals surface area contributed by atoms with Crippen molar-refractivity contribution in [3.05, 3.63) is 29.6 Å². The maximum absolute atomic E-state index is 14.7. The molecule has 1 N–H and O–H groups in total. The summed E-state index contributed by atoms with van der Waals surface area (Å²) in [6.45, 7) is 10.6. The number of methoxy groups -OCH3 is 1. The highest BCUT2D eigenvalue weighted by Gasteiger charge is 2.51. The van der Waals surface area contributed by atoms with E-state index in [4.69, 9.17) is 14.2 Å². The van der Waals surface area contributed by atoms with Gasteiger partial charge in [0.15, 0.2) is 0 Å². The highest BCUT2D eigenvalue weighted by Crippen LogP contribution is 2.36. The number of rotatable bonds is 3. The van der Waals surface area contributed by atoms with E-state index in [0.29, 0.717) is 5.75 Å². The van der Waals surface area contributed by atoms with Crippen LogP contribution in [0.1, 0.15) is 47.1 Å². The molecule has 1 aliphatic rings. The first-order valence-electron chi connectivity index (χ1n) is 9.08. The van der Waals surface area contributed by atoms with E-state index in [2.05, 4.69) is 5.32 Å². The summed E-state index contributed by atoms with van der Waals surface area (Å²) < 4.78 is 30.4. The first-order valence-corrected chi connectivity index (χ1v) is 9.08. The Kier molecular flexibility index (Phi) is 5.82. The summed E-state index contributed by atoms with van der Waals surface area (Å²) in [6, 6.07) is 4.38. The third-order valence-corrected chi connectivity index (χ3v) is 4.01. The Balaban J connectivity index is 2.26. The molecular weight excluding hydrogens is 367 g/mol. The maximum atomic E-state index is 14.7. The summed E-state index contributed by atoms with van der Waals surface area (Å²) in [5.41, 5.74) is -2.23. The van der Waals surface area contributed by atoms with Crippen LogP contribution in [0.15, 0.2) is 18.2 Å². The van der Waals surface area contributed by atoms with Crippen LogP contribution in [-0.2, 0) is 15.0 Å². The molecule has 0 aliphatic carbocycles. The van der Waals surface area contributed by atoms with Gasteiger partial charge in [0, 0.05) is 11.6 Å². The van der Waals surface area contributed by atoms with Crippen molar-refractivity contribution in [2.24, 2.45) is 0 Å². The van der Waals surface area contributed by atoms with Crippen molar-refractivity contribution in [2.45, 2.75) is 58.3 Å². The second kappa shape index (κ2) is 7.48. The lowest BCUT2D eigenvalue weighted by Gasteiger charge is -2.50. The first kappa shape index (κ1) is 21.8. The van der Waals surface area contributed by atoms with Crippen molar-refractivity contribution in [3.63, 3.8) is 0 Å². The van der Waals surface area contributed by atoms with E-state index < -0.39 is 34.7 Å². The zero-order chi connectivity index (χ0) is 21.3. The van der Waals surface area contributed by atoms with Gasteiger partial charge in [0.2, 0.25) is 0 Å². The number of benzene rings is 1. The van der Waals surface area contributed by atoms with Crippen LogP contribution < -0.4 is 10.1 Å². The van der Waals surface area contributed by atoms with E-state index in [1.54, 1.807) is 47.6 Å². The number of nitrogens with zero attached hydrogens (tertiary/aromatic N) is 1. The van der Waals surface area contributed by atoms with Crippen molar-refractivity contribution in [1.82, 2.24) is 10.2 Å². The van der Waals surface area contributed by atoms with Gasteiger partial charge in [0.25, 0.3) is 0 Å². The molecule has 1 aromatic carbocycles. The Hall–Kier alpha value is -2.51. The second-order valence-electron chi connectivity index (χ2n) is 8.89. The number of ether oxygens (including phenoxy) is 3. The highest BCUT2D eigenvalue weighted by atomic mass is 19.1. The molecule has 1 aromatic rings. The Morgan fingerprint density at radius 3 is 2.11 bits per heavy atom. The number of carbonyl (C=O) groups excluding carboxylic acids is 2. The molecule has 0 unspecified atom stereocenters. The van der Waals surface area contributed by atoms with E-state index in [1.807, 2.05) is 0 Å². The van der Waals surface area contributed by atoms with Crippen molar-refractivity contribution >= 4 is 12.2 Å². The lowest BCUT2D eigenvalue weighted by atomic mass is 9.82. The predicted octanol–water partition coefficient (Wildman–Crippen LogP) is 3.81. The minimum atomic E-state index is -1.12. The lowest BCUT2D eigenvalue weighted by molar-refractivity contribution is -0.0238. The molecule has 0 spiro atoms. The minimum Gasteiger partial charge on any atom is -0.497 e. The molecule has 156 valence electrons. The van der Waals surface area contributed by atoms with Crippen LogP contribution in [0.5, 0.6) is 5.75 Å². The number of hydrogen-bond donors (Lipinski definition) is 1. The topological polar surface area (TPSA) is 77.1 Å². The van der Waals surface area contributed by atoms with Crippen LogP contribution in [0, 0.1) is 5.82 Å². The predicted molar refractivity (Wildman–Crippen MR) is 102 cm³/mol. The highest BCUT2D eigenvalue weighted by molar-refractivity contribution is 5.73. The third kappa shape index (κ3) is 5.27. The Morgan fingerprint density at radius 2 is 1.64 bits per heavy atom. The van der Waals surface area contributed by atoms with E-state index >= 15 is 0 Å². The van der Waals surface area contributed by atoms with Gasteiger partial charge in [-0.25, -0.2) is 14.0 Å². The number of amides is 2. The molecule has 2 rings (SSSR count). The summed E-state index contributed by atoms with van der Waals surface area (Å²) in [6.07, 6.45) is -1.21. The maximum Gasteiger partial charge on any atom is 0.410 e. The fourth-order valence-electron chi connectivity index (χ4n) is 2.89. The number of nitrogens with one attached hydrogen (secondary N) is 1. The molecule has 0 atom stereocenters.